The Balaban J connectivity index is 1.81. The maximum Gasteiger partial charge on any atom is 0.251 e. The summed E-state index contributed by atoms with van der Waals surface area (Å²) in [6.45, 7) is 3.49. The molecular formula is C21H22N2O3S. The van der Waals surface area contributed by atoms with Crippen molar-refractivity contribution in [2.75, 3.05) is 10.5 Å². The Bertz CT molecular complexity index is 1070. The second-order valence-electron chi connectivity index (χ2n) is 6.35. The summed E-state index contributed by atoms with van der Waals surface area (Å²) in [7, 11) is -3.39. The van der Waals surface area contributed by atoms with Gasteiger partial charge in [-0.2, -0.15) is 0 Å². The average Bonchev–Trinajstić information content (AvgIpc) is 2.67. The van der Waals surface area contributed by atoms with Gasteiger partial charge in [0.1, 0.15) is 0 Å². The largest absolute Gasteiger partial charge is 0.345 e. The van der Waals surface area contributed by atoms with E-state index in [2.05, 4.69) is 10.0 Å². The molecule has 140 valence electrons. The molecule has 0 unspecified atom stereocenters. The van der Waals surface area contributed by atoms with Crippen LogP contribution in [0.25, 0.3) is 10.8 Å². The Morgan fingerprint density at radius 1 is 1.00 bits per heavy atom. The predicted octanol–water partition coefficient (Wildman–Crippen LogP) is 4.09. The van der Waals surface area contributed by atoms with Gasteiger partial charge in [0.15, 0.2) is 0 Å². The lowest BCUT2D eigenvalue weighted by atomic mass is 9.99. The highest BCUT2D eigenvalue weighted by molar-refractivity contribution is 7.92. The quantitative estimate of drug-likeness (QED) is 0.674. The van der Waals surface area contributed by atoms with Crippen LogP contribution < -0.4 is 10.0 Å². The molecule has 0 radical (unpaired) electrons. The zero-order valence-electron chi connectivity index (χ0n) is 15.3. The third kappa shape index (κ3) is 4.46. The molecule has 27 heavy (non-hydrogen) atoms. The van der Waals surface area contributed by atoms with Gasteiger partial charge in [-0.25, -0.2) is 8.42 Å². The first-order valence-corrected chi connectivity index (χ1v) is 10.4. The minimum atomic E-state index is -3.39. The van der Waals surface area contributed by atoms with Crippen molar-refractivity contribution in [3.63, 3.8) is 0 Å². The lowest BCUT2D eigenvalue weighted by Gasteiger charge is -2.17. The summed E-state index contributed by atoms with van der Waals surface area (Å²) in [5.41, 5.74) is 1.81. The molecule has 0 aliphatic heterocycles. The van der Waals surface area contributed by atoms with E-state index in [9.17, 15) is 13.2 Å². The molecule has 2 N–H and O–H groups in total. The summed E-state index contributed by atoms with van der Waals surface area (Å²) in [4.78, 5) is 12.7. The molecule has 0 aliphatic rings. The average molecular weight is 382 g/mol. The number of hydrogen-bond donors (Lipinski definition) is 2. The summed E-state index contributed by atoms with van der Waals surface area (Å²) < 4.78 is 25.9. The van der Waals surface area contributed by atoms with Crippen molar-refractivity contribution >= 4 is 32.4 Å². The van der Waals surface area contributed by atoms with Crippen LogP contribution in [0.4, 0.5) is 5.69 Å². The van der Waals surface area contributed by atoms with Gasteiger partial charge >= 0.3 is 0 Å². The fourth-order valence-corrected chi connectivity index (χ4v) is 3.59. The van der Waals surface area contributed by atoms with Crippen molar-refractivity contribution < 1.29 is 13.2 Å². The molecule has 0 saturated heterocycles. The van der Waals surface area contributed by atoms with Gasteiger partial charge < -0.3 is 5.32 Å². The zero-order chi connectivity index (χ0) is 19.4. The molecule has 0 saturated carbocycles. The summed E-state index contributed by atoms with van der Waals surface area (Å²) >= 11 is 0. The fraction of sp³-hybridized carbons (Fsp3) is 0.190. The van der Waals surface area contributed by atoms with Crippen LogP contribution in [0.3, 0.4) is 0 Å². The van der Waals surface area contributed by atoms with Gasteiger partial charge in [-0.05, 0) is 48.4 Å². The first kappa shape index (κ1) is 18.9. The monoisotopic (exact) mass is 382 g/mol. The third-order valence-corrected chi connectivity index (χ3v) is 5.72. The van der Waals surface area contributed by atoms with Gasteiger partial charge in [0, 0.05) is 11.3 Å². The van der Waals surface area contributed by atoms with Gasteiger partial charge in [0.25, 0.3) is 5.91 Å². The molecule has 5 nitrogen and oxygen atoms in total. The zero-order valence-corrected chi connectivity index (χ0v) is 16.1. The van der Waals surface area contributed by atoms with Crippen molar-refractivity contribution in [2.24, 2.45) is 0 Å². The summed E-state index contributed by atoms with van der Waals surface area (Å²) in [6, 6.07) is 20.3. The minimum absolute atomic E-state index is 0.0263. The molecule has 0 heterocycles. The first-order valence-electron chi connectivity index (χ1n) is 8.78. The van der Waals surface area contributed by atoms with E-state index in [0.717, 1.165) is 16.3 Å². The molecule has 0 fully saturated rings. The molecule has 1 amide bonds. The van der Waals surface area contributed by atoms with Crippen molar-refractivity contribution in [3.8, 4) is 0 Å². The van der Waals surface area contributed by atoms with E-state index in [-0.39, 0.29) is 17.7 Å². The lowest BCUT2D eigenvalue weighted by Crippen LogP contribution is -2.27. The molecule has 0 bridgehead atoms. The Morgan fingerprint density at radius 2 is 1.70 bits per heavy atom. The molecule has 3 rings (SSSR count). The van der Waals surface area contributed by atoms with Gasteiger partial charge in [0.2, 0.25) is 10.0 Å². The van der Waals surface area contributed by atoms with E-state index in [1.807, 2.05) is 49.4 Å². The first-order chi connectivity index (χ1) is 12.9. The Kier molecular flexibility index (Phi) is 5.46. The van der Waals surface area contributed by atoms with Crippen molar-refractivity contribution in [3.05, 3.63) is 77.9 Å². The van der Waals surface area contributed by atoms with Crippen molar-refractivity contribution in [2.45, 2.75) is 19.9 Å². The number of amides is 1. The second kappa shape index (κ2) is 7.80. The van der Waals surface area contributed by atoms with Crippen LogP contribution >= 0.6 is 0 Å². The van der Waals surface area contributed by atoms with E-state index >= 15 is 0 Å². The van der Waals surface area contributed by atoms with E-state index in [1.54, 1.807) is 31.2 Å². The summed E-state index contributed by atoms with van der Waals surface area (Å²) in [5.74, 6) is -0.283. The number of hydrogen-bond acceptors (Lipinski definition) is 3. The highest BCUT2D eigenvalue weighted by atomic mass is 32.2. The SMILES string of the molecule is CCS(=O)(=O)Nc1cccc(C(=O)N[C@@H](C)c2cccc3ccccc23)c1. The number of carbonyl (C=O) groups is 1. The summed E-state index contributed by atoms with van der Waals surface area (Å²) in [6.07, 6.45) is 0. The smallest absolute Gasteiger partial charge is 0.251 e. The highest BCUT2D eigenvalue weighted by Gasteiger charge is 2.15. The van der Waals surface area contributed by atoms with E-state index in [1.165, 1.54) is 0 Å². The maximum atomic E-state index is 12.7. The van der Waals surface area contributed by atoms with E-state index in [4.69, 9.17) is 0 Å². The molecule has 3 aromatic rings. The van der Waals surface area contributed by atoms with Gasteiger partial charge in [-0.1, -0.05) is 48.5 Å². The van der Waals surface area contributed by atoms with E-state index < -0.39 is 10.0 Å². The van der Waals surface area contributed by atoms with Crippen LogP contribution in [0.15, 0.2) is 66.7 Å². The normalized spacial score (nSPS) is 12.5. The highest BCUT2D eigenvalue weighted by Crippen LogP contribution is 2.24. The minimum Gasteiger partial charge on any atom is -0.345 e. The number of anilines is 1. The molecule has 0 spiro atoms. The maximum absolute atomic E-state index is 12.7. The van der Waals surface area contributed by atoms with Crippen molar-refractivity contribution in [1.29, 1.82) is 0 Å². The standard InChI is InChI=1S/C21H22N2O3S/c1-3-27(25,26)23-18-11-6-10-17(14-18)21(24)22-15(2)19-13-7-9-16-8-4-5-12-20(16)19/h4-15,23H,3H2,1-2H3,(H,22,24)/t15-/m0/s1. The Labute approximate surface area is 159 Å². The third-order valence-electron chi connectivity index (χ3n) is 4.42. The van der Waals surface area contributed by atoms with Crippen molar-refractivity contribution in [1.82, 2.24) is 5.32 Å². The number of sulfonamides is 1. The number of rotatable bonds is 6. The fourth-order valence-electron chi connectivity index (χ4n) is 2.96. The predicted molar refractivity (Wildman–Crippen MR) is 109 cm³/mol. The van der Waals surface area contributed by atoms with Gasteiger partial charge in [-0.3, -0.25) is 9.52 Å². The number of benzene rings is 3. The van der Waals surface area contributed by atoms with Crippen LogP contribution in [0.5, 0.6) is 0 Å². The molecule has 1 atom stereocenters. The second-order valence-corrected chi connectivity index (χ2v) is 8.36. The van der Waals surface area contributed by atoms with Crippen LogP contribution in [0.2, 0.25) is 0 Å². The molecule has 0 aromatic heterocycles. The summed E-state index contributed by atoms with van der Waals surface area (Å²) in [5, 5.41) is 5.20. The number of nitrogens with one attached hydrogen (secondary N) is 2. The topological polar surface area (TPSA) is 75.3 Å². The molecule has 0 aliphatic carbocycles. The number of carbonyl (C=O) groups excluding carboxylic acids is 1. The Morgan fingerprint density at radius 3 is 2.48 bits per heavy atom. The molecule has 6 heteroatoms. The van der Waals surface area contributed by atoms with Crippen LogP contribution in [-0.2, 0) is 10.0 Å². The lowest BCUT2D eigenvalue weighted by molar-refractivity contribution is 0.0940. The van der Waals surface area contributed by atoms with Crippen LogP contribution in [-0.4, -0.2) is 20.1 Å². The van der Waals surface area contributed by atoms with Crippen LogP contribution in [0.1, 0.15) is 35.8 Å². The molecule has 3 aromatic carbocycles. The van der Waals surface area contributed by atoms with Gasteiger partial charge in [-0.15, -0.1) is 0 Å². The van der Waals surface area contributed by atoms with E-state index in [0.29, 0.717) is 11.3 Å². The van der Waals surface area contributed by atoms with Gasteiger partial charge in [0.05, 0.1) is 11.8 Å². The molecular weight excluding hydrogens is 360 g/mol. The Hall–Kier alpha value is -2.86. The number of fused-ring (bicyclic) bond motifs is 1. The van der Waals surface area contributed by atoms with Crippen LogP contribution in [0, 0.1) is 0 Å².